The zero-order valence-corrected chi connectivity index (χ0v) is 15.1. The Labute approximate surface area is 150 Å². The monoisotopic (exact) mass is 362 g/mol. The third kappa shape index (κ3) is 4.98. The average Bonchev–Trinajstić information content (AvgIpc) is 2.88. The summed E-state index contributed by atoms with van der Waals surface area (Å²) in [6.45, 7) is 6.35. The predicted molar refractivity (Wildman–Crippen MR) is 94.1 cm³/mol. The molecule has 0 aliphatic rings. The van der Waals surface area contributed by atoms with Crippen molar-refractivity contribution in [2.24, 2.45) is 0 Å². The largest absolute Gasteiger partial charge is 0.480 e. The highest BCUT2D eigenvalue weighted by atomic mass is 16.6. The van der Waals surface area contributed by atoms with Gasteiger partial charge < -0.3 is 24.9 Å². The summed E-state index contributed by atoms with van der Waals surface area (Å²) in [4.78, 5) is 37.8. The molecule has 2 rings (SSSR count). The van der Waals surface area contributed by atoms with Gasteiger partial charge in [-0.05, 0) is 38.5 Å². The van der Waals surface area contributed by atoms with E-state index in [1.165, 1.54) is 6.92 Å². The fraction of sp³-hybridized carbons (Fsp3) is 0.389. The number of benzene rings is 1. The van der Waals surface area contributed by atoms with Gasteiger partial charge in [-0.25, -0.2) is 9.59 Å². The van der Waals surface area contributed by atoms with E-state index in [2.05, 4.69) is 10.3 Å². The highest BCUT2D eigenvalue weighted by molar-refractivity contribution is 5.92. The molecule has 1 heterocycles. The fourth-order valence-corrected chi connectivity index (χ4v) is 2.49. The molecule has 0 saturated heterocycles. The number of aromatic amines is 1. The van der Waals surface area contributed by atoms with E-state index in [1.54, 1.807) is 45.2 Å². The summed E-state index contributed by atoms with van der Waals surface area (Å²) in [5.41, 5.74) is 0.552. The van der Waals surface area contributed by atoms with Crippen LogP contribution in [0, 0.1) is 0 Å². The maximum atomic E-state index is 11.9. The minimum Gasteiger partial charge on any atom is -0.480 e. The van der Waals surface area contributed by atoms with Crippen molar-refractivity contribution in [2.45, 2.75) is 45.8 Å². The lowest BCUT2D eigenvalue weighted by Crippen LogP contribution is -2.44. The normalized spacial score (nSPS) is 12.5. The van der Waals surface area contributed by atoms with Crippen LogP contribution in [0.25, 0.3) is 10.9 Å². The number of nitrogens with one attached hydrogen (secondary N) is 2. The van der Waals surface area contributed by atoms with Gasteiger partial charge in [0.05, 0.1) is 0 Å². The molecule has 8 heteroatoms. The number of carbonyl (C=O) groups excluding carboxylic acids is 2. The second kappa shape index (κ2) is 7.47. The Morgan fingerprint density at radius 3 is 2.54 bits per heavy atom. The first kappa shape index (κ1) is 19.3. The van der Waals surface area contributed by atoms with Gasteiger partial charge in [-0.1, -0.05) is 6.07 Å². The lowest BCUT2D eigenvalue weighted by atomic mass is 10.0. The van der Waals surface area contributed by atoms with Gasteiger partial charge in [0, 0.05) is 30.4 Å². The molecule has 26 heavy (non-hydrogen) atoms. The van der Waals surface area contributed by atoms with Crippen LogP contribution in [0.15, 0.2) is 24.4 Å². The summed E-state index contributed by atoms with van der Waals surface area (Å²) in [6.07, 6.45) is 0.807. The fourth-order valence-electron chi connectivity index (χ4n) is 2.49. The minimum atomic E-state index is -1.20. The van der Waals surface area contributed by atoms with Crippen molar-refractivity contribution in [3.8, 4) is 5.75 Å². The smallest absolute Gasteiger partial charge is 0.408 e. The van der Waals surface area contributed by atoms with Crippen LogP contribution in [0.1, 0.15) is 33.3 Å². The van der Waals surface area contributed by atoms with Crippen molar-refractivity contribution >= 4 is 28.9 Å². The van der Waals surface area contributed by atoms with Crippen LogP contribution in [-0.4, -0.2) is 39.8 Å². The van der Waals surface area contributed by atoms with Crippen molar-refractivity contribution in [2.75, 3.05) is 0 Å². The Kier molecular flexibility index (Phi) is 5.54. The number of carboxylic acid groups (broad SMARTS) is 1. The molecule has 0 bridgehead atoms. The second-order valence-electron chi connectivity index (χ2n) is 6.83. The van der Waals surface area contributed by atoms with Gasteiger partial charge in [-0.3, -0.25) is 4.79 Å². The number of fused-ring (bicyclic) bond motifs is 1. The molecule has 0 radical (unpaired) electrons. The number of H-pyrrole nitrogens is 1. The van der Waals surface area contributed by atoms with Gasteiger partial charge in [0.2, 0.25) is 0 Å². The average molecular weight is 362 g/mol. The summed E-state index contributed by atoms with van der Waals surface area (Å²) in [7, 11) is 0. The molecule has 2 aromatic rings. The SMILES string of the molecule is CC(=O)Oc1cccc2[nH]cc(CC(NC(=O)OC(C)(C)C)C(=O)O)c12. The van der Waals surface area contributed by atoms with Crippen LogP contribution in [-0.2, 0) is 20.7 Å². The standard InChI is InChI=1S/C18H22N2O6/c1-10(21)25-14-7-5-6-12-15(14)11(9-19-12)8-13(16(22)23)20-17(24)26-18(2,3)4/h5-7,9,13,19H,8H2,1-4H3,(H,20,24)(H,22,23). The maximum Gasteiger partial charge on any atom is 0.408 e. The van der Waals surface area contributed by atoms with Crippen molar-refractivity contribution < 1.29 is 29.0 Å². The molecular formula is C18H22N2O6. The number of hydrogen-bond acceptors (Lipinski definition) is 5. The van der Waals surface area contributed by atoms with E-state index in [9.17, 15) is 19.5 Å². The second-order valence-corrected chi connectivity index (χ2v) is 6.83. The summed E-state index contributed by atoms with van der Waals surface area (Å²) in [6, 6.07) is 3.92. The summed E-state index contributed by atoms with van der Waals surface area (Å²) >= 11 is 0. The number of ether oxygens (including phenoxy) is 2. The van der Waals surface area contributed by atoms with Crippen LogP contribution in [0.5, 0.6) is 5.75 Å². The summed E-state index contributed by atoms with van der Waals surface area (Å²) in [5, 5.41) is 12.4. The third-order valence-corrected chi connectivity index (χ3v) is 3.42. The first-order chi connectivity index (χ1) is 12.1. The van der Waals surface area contributed by atoms with E-state index in [4.69, 9.17) is 9.47 Å². The molecule has 1 amide bonds. The zero-order valence-electron chi connectivity index (χ0n) is 15.1. The number of esters is 1. The lowest BCUT2D eigenvalue weighted by molar-refractivity contribution is -0.139. The molecule has 0 fully saturated rings. The van der Waals surface area contributed by atoms with Crippen LogP contribution >= 0.6 is 0 Å². The first-order valence-electron chi connectivity index (χ1n) is 8.06. The van der Waals surface area contributed by atoms with Crippen molar-refractivity contribution in [3.05, 3.63) is 30.0 Å². The van der Waals surface area contributed by atoms with Crippen LogP contribution in [0.3, 0.4) is 0 Å². The molecule has 0 saturated carbocycles. The van der Waals surface area contributed by atoms with Crippen molar-refractivity contribution in [3.63, 3.8) is 0 Å². The molecule has 1 aromatic heterocycles. The topological polar surface area (TPSA) is 118 Å². The summed E-state index contributed by atoms with van der Waals surface area (Å²) in [5.74, 6) is -1.35. The number of aromatic nitrogens is 1. The number of hydrogen-bond donors (Lipinski definition) is 3. The van der Waals surface area contributed by atoms with Gasteiger partial charge in [0.25, 0.3) is 0 Å². The van der Waals surface area contributed by atoms with Crippen molar-refractivity contribution in [1.29, 1.82) is 0 Å². The Bertz CT molecular complexity index is 834. The van der Waals surface area contributed by atoms with Crippen molar-refractivity contribution in [1.82, 2.24) is 10.3 Å². The van der Waals surface area contributed by atoms with Gasteiger partial charge in [0.1, 0.15) is 17.4 Å². The Hall–Kier alpha value is -3.03. The van der Waals surface area contributed by atoms with Crippen LogP contribution < -0.4 is 10.1 Å². The molecule has 8 nitrogen and oxygen atoms in total. The molecule has 0 spiro atoms. The highest BCUT2D eigenvalue weighted by Gasteiger charge is 2.25. The quantitative estimate of drug-likeness (QED) is 0.556. The van der Waals surface area contributed by atoms with Gasteiger partial charge in [-0.15, -0.1) is 0 Å². The minimum absolute atomic E-state index is 0.00709. The molecule has 3 N–H and O–H groups in total. The lowest BCUT2D eigenvalue weighted by Gasteiger charge is -2.22. The predicted octanol–water partition coefficient (Wildman–Crippen LogP) is 2.61. The number of alkyl carbamates (subject to hydrolysis) is 1. The number of amides is 1. The molecule has 1 aromatic carbocycles. The first-order valence-corrected chi connectivity index (χ1v) is 8.06. The van der Waals surface area contributed by atoms with Crippen LogP contribution in [0.4, 0.5) is 4.79 Å². The van der Waals surface area contributed by atoms with Gasteiger partial charge >= 0.3 is 18.0 Å². The van der Waals surface area contributed by atoms with E-state index in [1.807, 2.05) is 0 Å². The summed E-state index contributed by atoms with van der Waals surface area (Å²) < 4.78 is 10.3. The number of aliphatic carboxylic acids is 1. The van der Waals surface area contributed by atoms with Gasteiger partial charge in [-0.2, -0.15) is 0 Å². The maximum absolute atomic E-state index is 11.9. The van der Waals surface area contributed by atoms with E-state index in [0.717, 1.165) is 0 Å². The highest BCUT2D eigenvalue weighted by Crippen LogP contribution is 2.29. The van der Waals surface area contributed by atoms with Gasteiger partial charge in [0.15, 0.2) is 0 Å². The number of rotatable bonds is 5. The van der Waals surface area contributed by atoms with E-state index in [-0.39, 0.29) is 6.42 Å². The molecule has 1 atom stereocenters. The van der Waals surface area contributed by atoms with E-state index < -0.39 is 29.7 Å². The van der Waals surface area contributed by atoms with Crippen LogP contribution in [0.2, 0.25) is 0 Å². The Balaban J connectivity index is 2.27. The molecule has 140 valence electrons. The zero-order chi connectivity index (χ0) is 19.5. The molecule has 0 aliphatic heterocycles. The van der Waals surface area contributed by atoms with E-state index in [0.29, 0.717) is 22.2 Å². The third-order valence-electron chi connectivity index (χ3n) is 3.42. The number of carboxylic acids is 1. The Morgan fingerprint density at radius 1 is 1.27 bits per heavy atom. The molecular weight excluding hydrogens is 340 g/mol. The molecule has 0 aliphatic carbocycles. The van der Waals surface area contributed by atoms with E-state index >= 15 is 0 Å². The number of carbonyl (C=O) groups is 3. The Morgan fingerprint density at radius 2 is 1.96 bits per heavy atom. The molecule has 1 unspecified atom stereocenters.